The first-order chi connectivity index (χ1) is 14.9. The number of fused-ring (bicyclic) bond motifs is 2. The zero-order chi connectivity index (χ0) is 21.8. The van der Waals surface area contributed by atoms with Gasteiger partial charge in [-0.25, -0.2) is 4.98 Å². The van der Waals surface area contributed by atoms with Crippen molar-refractivity contribution in [2.75, 3.05) is 11.9 Å². The summed E-state index contributed by atoms with van der Waals surface area (Å²) >= 11 is 6.29. The van der Waals surface area contributed by atoms with Crippen molar-refractivity contribution in [1.29, 1.82) is 0 Å². The van der Waals surface area contributed by atoms with Crippen molar-refractivity contribution < 1.29 is 19.3 Å². The van der Waals surface area contributed by atoms with E-state index in [4.69, 9.17) is 25.8 Å². The normalized spacial score (nSPS) is 28.0. The van der Waals surface area contributed by atoms with Crippen molar-refractivity contribution in [2.45, 2.75) is 57.1 Å². The van der Waals surface area contributed by atoms with Crippen LogP contribution < -0.4 is 5.32 Å². The average molecular weight is 445 g/mol. The average Bonchev–Trinajstić information content (AvgIpc) is 3.39. The first-order valence-corrected chi connectivity index (χ1v) is 10.7. The smallest absolute Gasteiger partial charge is 0.226 e. The fourth-order valence-electron chi connectivity index (χ4n) is 4.38. The number of hydrogen-bond acceptors (Lipinski definition) is 7. The second-order valence-electron chi connectivity index (χ2n) is 8.39. The molecule has 2 N–H and O–H groups in total. The van der Waals surface area contributed by atoms with E-state index in [-0.39, 0.29) is 30.1 Å². The zero-order valence-corrected chi connectivity index (χ0v) is 18.3. The largest absolute Gasteiger partial charge is 0.394 e. The van der Waals surface area contributed by atoms with Crippen LogP contribution >= 0.6 is 11.6 Å². The Kier molecular flexibility index (Phi) is 5.15. The maximum atomic E-state index is 9.78. The topological polar surface area (TPSA) is 90.7 Å². The number of aliphatic hydroxyl groups excluding tert-OH is 1. The van der Waals surface area contributed by atoms with E-state index in [1.807, 2.05) is 48.9 Å². The van der Waals surface area contributed by atoms with E-state index in [9.17, 15) is 5.11 Å². The molecule has 5 rings (SSSR count). The van der Waals surface area contributed by atoms with Crippen LogP contribution in [0, 0.1) is 0 Å². The number of hydrogen-bond donors (Lipinski definition) is 2. The molecular formula is C22H25ClN4O4. The third-order valence-corrected chi connectivity index (χ3v) is 5.95. The minimum Gasteiger partial charge on any atom is -0.394 e. The minimum absolute atomic E-state index is 0.0250. The Morgan fingerprint density at radius 3 is 2.65 bits per heavy atom. The molecule has 0 bridgehead atoms. The molecular weight excluding hydrogens is 420 g/mol. The first kappa shape index (κ1) is 20.7. The van der Waals surface area contributed by atoms with Crippen LogP contribution in [0.5, 0.6) is 0 Å². The van der Waals surface area contributed by atoms with Crippen LogP contribution in [0.3, 0.4) is 0 Å². The molecule has 0 unspecified atom stereocenters. The molecule has 4 heterocycles. The Balaban J connectivity index is 1.50. The Bertz CT molecular complexity index is 1090. The molecule has 0 radical (unpaired) electrons. The van der Waals surface area contributed by atoms with Crippen LogP contribution in [-0.4, -0.2) is 50.3 Å². The molecule has 8 nitrogen and oxygen atoms in total. The van der Waals surface area contributed by atoms with Crippen LogP contribution in [-0.2, 0) is 14.2 Å². The van der Waals surface area contributed by atoms with Gasteiger partial charge >= 0.3 is 0 Å². The van der Waals surface area contributed by atoms with Crippen LogP contribution in [0.2, 0.25) is 5.28 Å². The summed E-state index contributed by atoms with van der Waals surface area (Å²) in [6, 6.07) is 12.1. The fraction of sp³-hybridized carbons (Fsp3) is 0.455. The number of anilines is 1. The molecule has 2 saturated heterocycles. The monoisotopic (exact) mass is 444 g/mol. The van der Waals surface area contributed by atoms with Crippen molar-refractivity contribution in [3.8, 4) is 0 Å². The number of nitrogens with zero attached hydrogens (tertiary/aromatic N) is 3. The Labute approximate surface area is 185 Å². The SMILES string of the molecule is C[C@H](Nc1nc(Cl)nc2c1ccn2[C@@H]1O[C@H](CO)[C@H]2OC(C)(C)O[C@H]21)c1ccccc1. The van der Waals surface area contributed by atoms with E-state index >= 15 is 0 Å². The highest BCUT2D eigenvalue weighted by molar-refractivity contribution is 6.28. The molecule has 0 amide bonds. The quantitative estimate of drug-likeness (QED) is 0.580. The van der Waals surface area contributed by atoms with Gasteiger partial charge in [-0.3, -0.25) is 0 Å². The first-order valence-electron chi connectivity index (χ1n) is 10.3. The number of nitrogens with one attached hydrogen (secondary N) is 1. The maximum Gasteiger partial charge on any atom is 0.226 e. The van der Waals surface area contributed by atoms with Gasteiger partial charge in [0.2, 0.25) is 5.28 Å². The van der Waals surface area contributed by atoms with E-state index in [2.05, 4.69) is 34.3 Å². The molecule has 0 spiro atoms. The molecule has 0 saturated carbocycles. The van der Waals surface area contributed by atoms with Gasteiger partial charge in [0.25, 0.3) is 0 Å². The molecule has 31 heavy (non-hydrogen) atoms. The lowest BCUT2D eigenvalue weighted by Crippen LogP contribution is -2.31. The molecule has 2 aliphatic heterocycles. The summed E-state index contributed by atoms with van der Waals surface area (Å²) in [6.07, 6.45) is 0.144. The molecule has 1 aromatic carbocycles. The van der Waals surface area contributed by atoms with Gasteiger partial charge in [-0.15, -0.1) is 0 Å². The number of ether oxygens (including phenoxy) is 3. The standard InChI is InChI=1S/C22H25ClN4O4/c1-12(13-7-5-4-6-8-13)24-18-14-9-10-27(19(14)26-21(23)25-18)20-17-16(15(11-28)29-20)30-22(2,3)31-17/h4-10,12,15-17,20,28H,11H2,1-3H3,(H,24,25,26)/t12-,15+,16+,17+,20+/m0/s1. The van der Waals surface area contributed by atoms with Crippen molar-refractivity contribution in [2.24, 2.45) is 0 Å². The number of aliphatic hydroxyl groups is 1. The Morgan fingerprint density at radius 2 is 1.90 bits per heavy atom. The van der Waals surface area contributed by atoms with Gasteiger partial charge in [0.15, 0.2) is 12.0 Å². The highest BCUT2D eigenvalue weighted by Gasteiger charge is 2.55. The predicted octanol–water partition coefficient (Wildman–Crippen LogP) is 3.67. The summed E-state index contributed by atoms with van der Waals surface area (Å²) in [5.41, 5.74) is 1.76. The van der Waals surface area contributed by atoms with Crippen molar-refractivity contribution in [3.05, 3.63) is 53.4 Å². The summed E-state index contributed by atoms with van der Waals surface area (Å²) in [5, 5.41) is 14.2. The van der Waals surface area contributed by atoms with Crippen LogP contribution in [0.15, 0.2) is 42.6 Å². The van der Waals surface area contributed by atoms with E-state index in [1.165, 1.54) is 0 Å². The van der Waals surface area contributed by atoms with Gasteiger partial charge in [-0.2, -0.15) is 4.98 Å². The van der Waals surface area contributed by atoms with E-state index < -0.39 is 18.1 Å². The summed E-state index contributed by atoms with van der Waals surface area (Å²) in [6.45, 7) is 5.62. The molecule has 2 aromatic heterocycles. The van der Waals surface area contributed by atoms with Gasteiger partial charge in [0.05, 0.1) is 12.0 Å². The number of benzene rings is 1. The lowest BCUT2D eigenvalue weighted by atomic mass is 10.1. The summed E-state index contributed by atoms with van der Waals surface area (Å²) < 4.78 is 20.0. The zero-order valence-electron chi connectivity index (χ0n) is 17.5. The van der Waals surface area contributed by atoms with Gasteiger partial charge in [0.1, 0.15) is 29.8 Å². The Hall–Kier alpha value is -2.23. The van der Waals surface area contributed by atoms with Crippen molar-refractivity contribution in [3.63, 3.8) is 0 Å². The summed E-state index contributed by atoms with van der Waals surface area (Å²) in [4.78, 5) is 8.88. The van der Waals surface area contributed by atoms with E-state index in [1.54, 1.807) is 0 Å². The second-order valence-corrected chi connectivity index (χ2v) is 8.73. The van der Waals surface area contributed by atoms with E-state index in [0.29, 0.717) is 11.5 Å². The molecule has 5 atom stereocenters. The highest BCUT2D eigenvalue weighted by Crippen LogP contribution is 2.44. The van der Waals surface area contributed by atoms with Crippen molar-refractivity contribution >= 4 is 28.5 Å². The second kappa shape index (κ2) is 7.72. The van der Waals surface area contributed by atoms with Crippen LogP contribution in [0.25, 0.3) is 11.0 Å². The van der Waals surface area contributed by atoms with Gasteiger partial charge in [0, 0.05) is 12.2 Å². The molecule has 3 aromatic rings. The molecule has 0 aliphatic carbocycles. The number of aromatic nitrogens is 3. The van der Waals surface area contributed by atoms with Gasteiger partial charge in [-0.05, 0) is 44.0 Å². The van der Waals surface area contributed by atoms with Crippen LogP contribution in [0.1, 0.15) is 38.6 Å². The number of rotatable bonds is 5. The van der Waals surface area contributed by atoms with Crippen LogP contribution in [0.4, 0.5) is 5.82 Å². The lowest BCUT2D eigenvalue weighted by molar-refractivity contribution is -0.199. The third-order valence-electron chi connectivity index (χ3n) is 5.78. The molecule has 2 aliphatic rings. The van der Waals surface area contributed by atoms with Gasteiger partial charge < -0.3 is 29.2 Å². The molecule has 164 valence electrons. The Morgan fingerprint density at radius 1 is 1.16 bits per heavy atom. The third kappa shape index (κ3) is 3.68. The lowest BCUT2D eigenvalue weighted by Gasteiger charge is -2.24. The van der Waals surface area contributed by atoms with Gasteiger partial charge in [-0.1, -0.05) is 30.3 Å². The minimum atomic E-state index is -0.752. The fourth-order valence-corrected chi connectivity index (χ4v) is 4.55. The summed E-state index contributed by atoms with van der Waals surface area (Å²) in [5.74, 6) is -0.111. The number of halogens is 1. The molecule has 2 fully saturated rings. The maximum absolute atomic E-state index is 9.78. The molecule has 9 heteroatoms. The highest BCUT2D eigenvalue weighted by atomic mass is 35.5. The van der Waals surface area contributed by atoms with Crippen molar-refractivity contribution in [1.82, 2.24) is 14.5 Å². The van der Waals surface area contributed by atoms with E-state index in [0.717, 1.165) is 10.9 Å². The summed E-state index contributed by atoms with van der Waals surface area (Å²) in [7, 11) is 0. The predicted molar refractivity (Wildman–Crippen MR) is 116 cm³/mol.